The topological polar surface area (TPSA) is 55.6 Å². The van der Waals surface area contributed by atoms with E-state index in [2.05, 4.69) is 0 Å². The molecule has 1 aromatic rings. The number of rotatable bonds is 5. The van der Waals surface area contributed by atoms with Gasteiger partial charge in [0.15, 0.2) is 0 Å². The lowest BCUT2D eigenvalue weighted by molar-refractivity contribution is -0.130. The number of hydrogen-bond donors (Lipinski definition) is 1. The van der Waals surface area contributed by atoms with E-state index < -0.39 is 0 Å². The molecule has 1 aliphatic heterocycles. The van der Waals surface area contributed by atoms with E-state index in [1.54, 1.807) is 7.11 Å². The van der Waals surface area contributed by atoms with Crippen LogP contribution in [-0.4, -0.2) is 37.6 Å². The predicted octanol–water partition coefficient (Wildman–Crippen LogP) is 1.86. The van der Waals surface area contributed by atoms with Crippen molar-refractivity contribution in [3.8, 4) is 5.75 Å². The largest absolute Gasteiger partial charge is 0.496 e. The number of para-hydroxylation sites is 1. The summed E-state index contributed by atoms with van der Waals surface area (Å²) in [5.74, 6) is 1.56. The molecule has 0 aliphatic carbocycles. The number of methoxy groups -OCH3 is 1. The zero-order valence-electron chi connectivity index (χ0n) is 11.9. The number of amides is 1. The van der Waals surface area contributed by atoms with Gasteiger partial charge >= 0.3 is 0 Å². The zero-order valence-corrected chi connectivity index (χ0v) is 12.7. The fourth-order valence-electron chi connectivity index (χ4n) is 2.56. The summed E-state index contributed by atoms with van der Waals surface area (Å²) in [6, 6.07) is 7.86. The lowest BCUT2D eigenvalue weighted by atomic mass is 10.1. The molecule has 20 heavy (non-hydrogen) atoms. The molecule has 1 amide bonds. The van der Waals surface area contributed by atoms with Crippen molar-refractivity contribution in [2.75, 3.05) is 26.7 Å². The molecule has 0 bridgehead atoms. The summed E-state index contributed by atoms with van der Waals surface area (Å²) < 4.78 is 5.30. The van der Waals surface area contributed by atoms with Crippen molar-refractivity contribution in [1.29, 1.82) is 0 Å². The summed E-state index contributed by atoms with van der Waals surface area (Å²) in [5, 5.41) is 0. The van der Waals surface area contributed by atoms with Crippen LogP contribution in [0.15, 0.2) is 24.3 Å². The molecule has 1 aromatic carbocycles. The van der Waals surface area contributed by atoms with Crippen molar-refractivity contribution < 1.29 is 9.53 Å². The normalized spacial score (nSPS) is 17.7. The van der Waals surface area contributed by atoms with Crippen molar-refractivity contribution in [3.63, 3.8) is 0 Å². The van der Waals surface area contributed by atoms with Gasteiger partial charge in [0.1, 0.15) is 5.75 Å². The first-order valence-corrected chi connectivity index (χ1v) is 6.84. The van der Waals surface area contributed by atoms with Gasteiger partial charge in [-0.2, -0.15) is 0 Å². The van der Waals surface area contributed by atoms with Crippen molar-refractivity contribution in [3.05, 3.63) is 29.8 Å². The molecule has 2 N–H and O–H groups in total. The van der Waals surface area contributed by atoms with E-state index in [4.69, 9.17) is 10.5 Å². The molecule has 2 rings (SSSR count). The van der Waals surface area contributed by atoms with E-state index in [1.165, 1.54) is 0 Å². The van der Waals surface area contributed by atoms with Gasteiger partial charge < -0.3 is 15.4 Å². The Labute approximate surface area is 126 Å². The van der Waals surface area contributed by atoms with Crippen molar-refractivity contribution in [2.45, 2.75) is 19.3 Å². The number of carbonyl (C=O) groups is 1. The smallest absolute Gasteiger partial charge is 0.222 e. The fourth-order valence-corrected chi connectivity index (χ4v) is 2.56. The monoisotopic (exact) mass is 298 g/mol. The second-order valence-electron chi connectivity index (χ2n) is 5.04. The predicted molar refractivity (Wildman–Crippen MR) is 82.3 cm³/mol. The average Bonchev–Trinajstić information content (AvgIpc) is 2.94. The van der Waals surface area contributed by atoms with E-state index in [0.29, 0.717) is 18.9 Å². The van der Waals surface area contributed by atoms with E-state index in [-0.39, 0.29) is 18.3 Å². The maximum absolute atomic E-state index is 12.1. The fraction of sp³-hybridized carbons (Fsp3) is 0.533. The molecule has 1 saturated heterocycles. The number of nitrogens with zero attached hydrogens (tertiary/aromatic N) is 1. The van der Waals surface area contributed by atoms with Gasteiger partial charge in [0.2, 0.25) is 5.91 Å². The lowest BCUT2D eigenvalue weighted by Crippen LogP contribution is -2.30. The summed E-state index contributed by atoms with van der Waals surface area (Å²) in [6.07, 6.45) is 2.31. The third-order valence-electron chi connectivity index (χ3n) is 3.77. The molecule has 0 radical (unpaired) electrons. The van der Waals surface area contributed by atoms with Gasteiger partial charge in [-0.15, -0.1) is 12.4 Å². The van der Waals surface area contributed by atoms with Crippen LogP contribution in [0.4, 0.5) is 0 Å². The Morgan fingerprint density at radius 3 is 2.85 bits per heavy atom. The second kappa shape index (κ2) is 8.12. The number of aryl methyl sites for hydroxylation is 1. The number of carbonyl (C=O) groups excluding carboxylic acids is 1. The van der Waals surface area contributed by atoms with Crippen molar-refractivity contribution in [1.82, 2.24) is 4.90 Å². The molecule has 5 heteroatoms. The lowest BCUT2D eigenvalue weighted by Gasteiger charge is -2.16. The van der Waals surface area contributed by atoms with Gasteiger partial charge in [-0.25, -0.2) is 0 Å². The highest BCUT2D eigenvalue weighted by atomic mass is 35.5. The number of halogens is 1. The van der Waals surface area contributed by atoms with Crippen LogP contribution < -0.4 is 10.5 Å². The summed E-state index contributed by atoms with van der Waals surface area (Å²) >= 11 is 0. The molecule has 0 aromatic heterocycles. The van der Waals surface area contributed by atoms with Crippen LogP contribution in [0, 0.1) is 5.92 Å². The molecule has 0 spiro atoms. The Kier molecular flexibility index (Phi) is 6.82. The highest BCUT2D eigenvalue weighted by Gasteiger charge is 2.24. The van der Waals surface area contributed by atoms with Gasteiger partial charge in [0.05, 0.1) is 7.11 Å². The van der Waals surface area contributed by atoms with Crippen LogP contribution in [0.3, 0.4) is 0 Å². The summed E-state index contributed by atoms with van der Waals surface area (Å²) in [6.45, 7) is 2.35. The second-order valence-corrected chi connectivity index (χ2v) is 5.04. The SMILES string of the molecule is COc1ccccc1CCC(=O)N1CCC(CN)C1.Cl. The number of nitrogens with two attached hydrogens (primary N) is 1. The van der Waals surface area contributed by atoms with E-state index in [1.807, 2.05) is 29.2 Å². The van der Waals surface area contributed by atoms with E-state index in [0.717, 1.165) is 37.2 Å². The highest BCUT2D eigenvalue weighted by Crippen LogP contribution is 2.21. The first-order valence-electron chi connectivity index (χ1n) is 6.84. The standard InChI is InChI=1S/C15H22N2O2.ClH/c1-19-14-5-3-2-4-13(14)6-7-15(18)17-9-8-12(10-16)11-17;/h2-5,12H,6-11,16H2,1H3;1H. The van der Waals surface area contributed by atoms with Crippen LogP contribution >= 0.6 is 12.4 Å². The van der Waals surface area contributed by atoms with Crippen molar-refractivity contribution in [2.24, 2.45) is 11.7 Å². The molecule has 1 heterocycles. The maximum Gasteiger partial charge on any atom is 0.222 e. The van der Waals surface area contributed by atoms with Crippen LogP contribution in [-0.2, 0) is 11.2 Å². The number of likely N-dealkylation sites (tertiary alicyclic amines) is 1. The third kappa shape index (κ3) is 4.12. The quantitative estimate of drug-likeness (QED) is 0.903. The van der Waals surface area contributed by atoms with Crippen LogP contribution in [0.5, 0.6) is 5.75 Å². The minimum absolute atomic E-state index is 0. The van der Waals surface area contributed by atoms with Crippen LogP contribution in [0.2, 0.25) is 0 Å². The number of hydrogen-bond acceptors (Lipinski definition) is 3. The maximum atomic E-state index is 12.1. The minimum Gasteiger partial charge on any atom is -0.496 e. The average molecular weight is 299 g/mol. The molecular weight excluding hydrogens is 276 g/mol. The van der Waals surface area contributed by atoms with Gasteiger partial charge in [-0.1, -0.05) is 18.2 Å². The molecule has 1 aliphatic rings. The minimum atomic E-state index is 0. The molecular formula is C15H23ClN2O2. The van der Waals surface area contributed by atoms with Gasteiger partial charge in [0.25, 0.3) is 0 Å². The van der Waals surface area contributed by atoms with Gasteiger partial charge in [-0.05, 0) is 36.9 Å². The summed E-state index contributed by atoms with van der Waals surface area (Å²) in [5.41, 5.74) is 6.74. The number of benzene rings is 1. The van der Waals surface area contributed by atoms with Crippen molar-refractivity contribution >= 4 is 18.3 Å². The zero-order chi connectivity index (χ0) is 13.7. The molecule has 1 fully saturated rings. The molecule has 112 valence electrons. The molecule has 1 atom stereocenters. The Hall–Kier alpha value is -1.26. The third-order valence-corrected chi connectivity index (χ3v) is 3.77. The Bertz CT molecular complexity index is 440. The number of ether oxygens (including phenoxy) is 1. The Balaban J connectivity index is 0.00000200. The Morgan fingerprint density at radius 1 is 1.45 bits per heavy atom. The van der Waals surface area contributed by atoms with E-state index >= 15 is 0 Å². The van der Waals surface area contributed by atoms with Gasteiger partial charge in [0, 0.05) is 19.5 Å². The van der Waals surface area contributed by atoms with Crippen LogP contribution in [0.1, 0.15) is 18.4 Å². The highest BCUT2D eigenvalue weighted by molar-refractivity contribution is 5.85. The molecule has 1 unspecified atom stereocenters. The summed E-state index contributed by atoms with van der Waals surface area (Å²) in [7, 11) is 1.66. The van der Waals surface area contributed by atoms with Crippen LogP contribution in [0.25, 0.3) is 0 Å². The Morgan fingerprint density at radius 2 is 2.20 bits per heavy atom. The first kappa shape index (κ1) is 16.8. The molecule has 0 saturated carbocycles. The van der Waals surface area contributed by atoms with E-state index in [9.17, 15) is 4.79 Å². The first-order chi connectivity index (χ1) is 9.24. The summed E-state index contributed by atoms with van der Waals surface area (Å²) in [4.78, 5) is 14.1. The molecule has 4 nitrogen and oxygen atoms in total. The van der Waals surface area contributed by atoms with Gasteiger partial charge in [-0.3, -0.25) is 4.79 Å².